The highest BCUT2D eigenvalue weighted by atomic mass is 32.2. The third-order valence-corrected chi connectivity index (χ3v) is 6.69. The van der Waals surface area contributed by atoms with Gasteiger partial charge in [-0.05, 0) is 48.9 Å². The molecule has 0 unspecified atom stereocenters. The average Bonchev–Trinajstić information content (AvgIpc) is 3.11. The van der Waals surface area contributed by atoms with Gasteiger partial charge in [0.25, 0.3) is 0 Å². The predicted molar refractivity (Wildman–Crippen MR) is 97.7 cm³/mol. The van der Waals surface area contributed by atoms with Crippen molar-refractivity contribution in [3.05, 3.63) is 89.5 Å². The molecule has 0 saturated carbocycles. The van der Waals surface area contributed by atoms with Crippen molar-refractivity contribution in [3.63, 3.8) is 0 Å². The van der Waals surface area contributed by atoms with Crippen LogP contribution in [0.4, 0.5) is 4.39 Å². The molecule has 1 aromatic heterocycles. The fourth-order valence-corrected chi connectivity index (χ4v) is 5.03. The standard InChI is InChI=1S/C20H19FN2O2S/c1-15-4-6-16(7-5-15)20-19-3-2-12-22(19)13-14-23(20)26(24,25)18-10-8-17(21)9-11-18/h2-12,20H,13-14H2,1H3/t20-/m0/s1. The zero-order valence-corrected chi connectivity index (χ0v) is 15.2. The van der Waals surface area contributed by atoms with Gasteiger partial charge in [0.1, 0.15) is 5.82 Å². The van der Waals surface area contributed by atoms with Crippen molar-refractivity contribution in [1.29, 1.82) is 0 Å². The predicted octanol–water partition coefficient (Wildman–Crippen LogP) is 3.73. The van der Waals surface area contributed by atoms with Crippen LogP contribution in [0.5, 0.6) is 0 Å². The zero-order valence-electron chi connectivity index (χ0n) is 14.3. The van der Waals surface area contributed by atoms with E-state index in [1.807, 2.05) is 49.5 Å². The molecule has 134 valence electrons. The highest BCUT2D eigenvalue weighted by molar-refractivity contribution is 7.89. The molecule has 0 N–H and O–H groups in total. The van der Waals surface area contributed by atoms with Crippen LogP contribution in [-0.4, -0.2) is 23.8 Å². The average molecular weight is 370 g/mol. The largest absolute Gasteiger partial charge is 0.348 e. The molecule has 4 rings (SSSR count). The SMILES string of the molecule is Cc1ccc([C@H]2c3cccn3CCN2S(=O)(=O)c2ccc(F)cc2)cc1. The molecule has 3 aromatic rings. The molecule has 1 aliphatic heterocycles. The zero-order chi connectivity index (χ0) is 18.3. The molecular formula is C20H19FN2O2S. The second-order valence-corrected chi connectivity index (χ2v) is 8.40. The summed E-state index contributed by atoms with van der Waals surface area (Å²) in [4.78, 5) is 0.107. The summed E-state index contributed by atoms with van der Waals surface area (Å²) >= 11 is 0. The molecule has 1 atom stereocenters. The molecule has 0 amide bonds. The van der Waals surface area contributed by atoms with Gasteiger partial charge in [-0.15, -0.1) is 0 Å². The molecule has 4 nitrogen and oxygen atoms in total. The van der Waals surface area contributed by atoms with Gasteiger partial charge in [-0.3, -0.25) is 0 Å². The molecule has 0 aliphatic carbocycles. The Morgan fingerprint density at radius 1 is 0.962 bits per heavy atom. The fourth-order valence-electron chi connectivity index (χ4n) is 3.45. The van der Waals surface area contributed by atoms with E-state index in [1.54, 1.807) is 0 Å². The van der Waals surface area contributed by atoms with Crippen LogP contribution in [0.25, 0.3) is 0 Å². The van der Waals surface area contributed by atoms with E-state index in [0.717, 1.165) is 16.8 Å². The van der Waals surface area contributed by atoms with Crippen molar-refractivity contribution in [2.24, 2.45) is 0 Å². The molecule has 2 heterocycles. The molecule has 0 radical (unpaired) electrons. The van der Waals surface area contributed by atoms with Gasteiger partial charge in [0, 0.05) is 25.0 Å². The maximum Gasteiger partial charge on any atom is 0.244 e. The number of sulfonamides is 1. The lowest BCUT2D eigenvalue weighted by molar-refractivity contribution is 0.298. The summed E-state index contributed by atoms with van der Waals surface area (Å²) in [5.41, 5.74) is 2.97. The van der Waals surface area contributed by atoms with Crippen molar-refractivity contribution in [3.8, 4) is 0 Å². The number of hydrogen-bond acceptors (Lipinski definition) is 2. The lowest BCUT2D eigenvalue weighted by Crippen LogP contribution is -2.42. The lowest BCUT2D eigenvalue weighted by atomic mass is 10.0. The molecule has 6 heteroatoms. The Kier molecular flexibility index (Phi) is 4.17. The number of fused-ring (bicyclic) bond motifs is 1. The van der Waals surface area contributed by atoms with Crippen LogP contribution in [0, 0.1) is 12.7 Å². The molecule has 2 aromatic carbocycles. The van der Waals surface area contributed by atoms with Gasteiger partial charge in [0.05, 0.1) is 10.9 Å². The molecular weight excluding hydrogens is 351 g/mol. The lowest BCUT2D eigenvalue weighted by Gasteiger charge is -2.36. The number of aryl methyl sites for hydroxylation is 1. The summed E-state index contributed by atoms with van der Waals surface area (Å²) < 4.78 is 43.4. The smallest absolute Gasteiger partial charge is 0.244 e. The molecule has 0 spiro atoms. The van der Waals surface area contributed by atoms with E-state index < -0.39 is 21.9 Å². The van der Waals surface area contributed by atoms with Crippen molar-refractivity contribution < 1.29 is 12.8 Å². The maximum atomic E-state index is 13.3. The molecule has 26 heavy (non-hydrogen) atoms. The Labute approximate surface area is 152 Å². The van der Waals surface area contributed by atoms with Crippen LogP contribution in [0.1, 0.15) is 22.9 Å². The van der Waals surface area contributed by atoms with E-state index in [9.17, 15) is 12.8 Å². The quantitative estimate of drug-likeness (QED) is 0.705. The normalized spacial score (nSPS) is 17.8. The number of rotatable bonds is 3. The van der Waals surface area contributed by atoms with Crippen LogP contribution in [-0.2, 0) is 16.6 Å². The summed E-state index contributed by atoms with van der Waals surface area (Å²) in [6.07, 6.45) is 1.97. The Morgan fingerprint density at radius 3 is 2.35 bits per heavy atom. The van der Waals surface area contributed by atoms with E-state index in [2.05, 4.69) is 4.57 Å². The molecule has 0 saturated heterocycles. The van der Waals surface area contributed by atoms with Crippen LogP contribution in [0.3, 0.4) is 0 Å². The number of benzene rings is 2. The summed E-state index contributed by atoms with van der Waals surface area (Å²) in [7, 11) is -3.75. The number of aromatic nitrogens is 1. The van der Waals surface area contributed by atoms with Gasteiger partial charge in [0.15, 0.2) is 0 Å². The second kappa shape index (κ2) is 6.37. The third-order valence-electron chi connectivity index (χ3n) is 4.81. The van der Waals surface area contributed by atoms with Gasteiger partial charge >= 0.3 is 0 Å². The van der Waals surface area contributed by atoms with Gasteiger partial charge in [-0.1, -0.05) is 29.8 Å². The van der Waals surface area contributed by atoms with Gasteiger partial charge in [-0.25, -0.2) is 12.8 Å². The summed E-state index contributed by atoms with van der Waals surface area (Å²) in [6.45, 7) is 2.95. The number of hydrogen-bond donors (Lipinski definition) is 0. The van der Waals surface area contributed by atoms with Gasteiger partial charge in [-0.2, -0.15) is 4.31 Å². The Bertz CT molecular complexity index is 1020. The van der Waals surface area contributed by atoms with Crippen molar-refractivity contribution >= 4 is 10.0 Å². The first-order chi connectivity index (χ1) is 12.5. The Morgan fingerprint density at radius 2 is 1.65 bits per heavy atom. The number of halogens is 1. The Balaban J connectivity index is 1.83. The minimum atomic E-state index is -3.75. The summed E-state index contributed by atoms with van der Waals surface area (Å²) in [5.74, 6) is -0.452. The van der Waals surface area contributed by atoms with Crippen molar-refractivity contribution in [2.45, 2.75) is 24.4 Å². The first-order valence-corrected chi connectivity index (χ1v) is 9.90. The van der Waals surface area contributed by atoms with Crippen LogP contribution in [0.2, 0.25) is 0 Å². The first-order valence-electron chi connectivity index (χ1n) is 8.46. The minimum Gasteiger partial charge on any atom is -0.348 e. The highest BCUT2D eigenvalue weighted by Crippen LogP contribution is 2.36. The second-order valence-electron chi connectivity index (χ2n) is 6.51. The van der Waals surface area contributed by atoms with Gasteiger partial charge < -0.3 is 4.57 Å². The van der Waals surface area contributed by atoms with E-state index in [4.69, 9.17) is 0 Å². The molecule has 1 aliphatic rings. The number of nitrogens with zero attached hydrogens (tertiary/aromatic N) is 2. The van der Waals surface area contributed by atoms with E-state index in [0.29, 0.717) is 13.1 Å². The van der Waals surface area contributed by atoms with E-state index in [-0.39, 0.29) is 4.90 Å². The monoisotopic (exact) mass is 370 g/mol. The Hall–Kier alpha value is -2.44. The highest BCUT2D eigenvalue weighted by Gasteiger charge is 2.37. The van der Waals surface area contributed by atoms with Crippen LogP contribution < -0.4 is 0 Å². The molecule has 0 fully saturated rings. The molecule has 0 bridgehead atoms. The van der Waals surface area contributed by atoms with Crippen LogP contribution in [0.15, 0.2) is 71.8 Å². The van der Waals surface area contributed by atoms with Gasteiger partial charge in [0.2, 0.25) is 10.0 Å². The van der Waals surface area contributed by atoms with E-state index >= 15 is 0 Å². The van der Waals surface area contributed by atoms with Crippen molar-refractivity contribution in [1.82, 2.24) is 8.87 Å². The minimum absolute atomic E-state index is 0.107. The third kappa shape index (κ3) is 2.85. The topological polar surface area (TPSA) is 42.3 Å². The summed E-state index contributed by atoms with van der Waals surface area (Å²) in [5, 5.41) is 0. The van der Waals surface area contributed by atoms with E-state index in [1.165, 1.54) is 28.6 Å². The first kappa shape index (κ1) is 17.0. The fraction of sp³-hybridized carbons (Fsp3) is 0.200. The van der Waals surface area contributed by atoms with Crippen molar-refractivity contribution in [2.75, 3.05) is 6.54 Å². The maximum absolute atomic E-state index is 13.3. The summed E-state index contributed by atoms with van der Waals surface area (Å²) in [6, 6.07) is 16.4. The van der Waals surface area contributed by atoms with Crippen LogP contribution >= 0.6 is 0 Å².